The van der Waals surface area contributed by atoms with Crippen molar-refractivity contribution in [2.45, 2.75) is 18.7 Å². The van der Waals surface area contributed by atoms with Crippen LogP contribution in [0.25, 0.3) is 11.0 Å². The molecule has 2 aromatic rings. The first kappa shape index (κ1) is 15.8. The molecule has 0 fully saturated rings. The van der Waals surface area contributed by atoms with Gasteiger partial charge in [-0.05, 0) is 6.26 Å². The van der Waals surface area contributed by atoms with Gasteiger partial charge < -0.3 is 26.2 Å². The highest BCUT2D eigenvalue weighted by molar-refractivity contribution is 7.98. The van der Waals surface area contributed by atoms with E-state index in [1.54, 1.807) is 18.0 Å². The van der Waals surface area contributed by atoms with Crippen LogP contribution in [0.3, 0.4) is 0 Å². The molecule has 116 valence electrons. The molecule has 0 spiro atoms. The summed E-state index contributed by atoms with van der Waals surface area (Å²) in [6.07, 6.45) is 2.76. The minimum absolute atomic E-state index is 0.0596. The van der Waals surface area contributed by atoms with E-state index in [-0.39, 0.29) is 24.2 Å². The summed E-state index contributed by atoms with van der Waals surface area (Å²) in [5, 5.41) is 22.0. The number of rotatable bonds is 7. The minimum atomic E-state index is -0.843. The summed E-state index contributed by atoms with van der Waals surface area (Å²) in [5.74, 6) is 0.713. The number of thioether (sulfide) groups is 1. The monoisotopic (exact) mass is 313 g/mol. The van der Waals surface area contributed by atoms with Crippen molar-refractivity contribution in [2.24, 2.45) is 0 Å². The molecule has 2 aromatic heterocycles. The molecule has 0 bridgehead atoms. The van der Waals surface area contributed by atoms with E-state index < -0.39 is 6.10 Å². The number of nitrogens with two attached hydrogens (primary N) is 1. The number of aliphatic hydroxyl groups is 2. The highest BCUT2D eigenvalue weighted by atomic mass is 32.2. The number of hydrogen-bond donors (Lipinski definition) is 6. The normalized spacial score (nSPS) is 14.4. The second-order valence-corrected chi connectivity index (χ2v) is 5.59. The van der Waals surface area contributed by atoms with Crippen LogP contribution in [0, 0.1) is 0 Å². The number of nitrogens with zero attached hydrogens (tertiary/aromatic N) is 1. The average Bonchev–Trinajstić information content (AvgIpc) is 2.86. The number of nitrogen functional groups attached to an aromatic ring is 1. The molecule has 9 heteroatoms. The largest absolute Gasteiger partial charge is 0.394 e. The Balaban J connectivity index is 2.18. The fraction of sp³-hybridized carbons (Fsp3) is 0.500. The molecule has 2 atom stereocenters. The van der Waals surface area contributed by atoms with Crippen LogP contribution in [-0.2, 0) is 6.54 Å². The topological polar surface area (TPSA) is 140 Å². The van der Waals surface area contributed by atoms with Crippen LogP contribution >= 0.6 is 11.8 Å². The van der Waals surface area contributed by atoms with Crippen molar-refractivity contribution in [3.8, 4) is 0 Å². The van der Waals surface area contributed by atoms with Crippen molar-refractivity contribution < 1.29 is 10.2 Å². The van der Waals surface area contributed by atoms with Gasteiger partial charge in [0.25, 0.3) is 5.56 Å². The Bertz CT molecular complexity index is 656. The predicted octanol–water partition coefficient (Wildman–Crippen LogP) is -0.992. The first-order chi connectivity index (χ1) is 10.1. The molecule has 0 radical (unpaired) electrons. The van der Waals surface area contributed by atoms with E-state index in [1.165, 1.54) is 0 Å². The van der Waals surface area contributed by atoms with Crippen molar-refractivity contribution in [3.63, 3.8) is 0 Å². The third kappa shape index (κ3) is 3.56. The van der Waals surface area contributed by atoms with Gasteiger partial charge in [0, 0.05) is 30.1 Å². The van der Waals surface area contributed by atoms with Crippen LogP contribution in [0.2, 0.25) is 0 Å². The van der Waals surface area contributed by atoms with Crippen LogP contribution in [-0.4, -0.2) is 55.9 Å². The van der Waals surface area contributed by atoms with Gasteiger partial charge >= 0.3 is 0 Å². The molecule has 0 aliphatic heterocycles. The van der Waals surface area contributed by atoms with Gasteiger partial charge in [0.05, 0.1) is 12.7 Å². The molecular weight excluding hydrogens is 294 g/mol. The number of anilines is 1. The molecule has 0 amide bonds. The number of aromatic nitrogens is 3. The summed E-state index contributed by atoms with van der Waals surface area (Å²) >= 11 is 1.57. The summed E-state index contributed by atoms with van der Waals surface area (Å²) in [5.41, 5.74) is 6.88. The lowest BCUT2D eigenvalue weighted by atomic mass is 10.2. The highest BCUT2D eigenvalue weighted by Crippen LogP contribution is 2.13. The minimum Gasteiger partial charge on any atom is -0.394 e. The van der Waals surface area contributed by atoms with Crippen molar-refractivity contribution in [1.29, 1.82) is 0 Å². The second-order valence-electron chi connectivity index (χ2n) is 4.68. The molecular formula is C12H19N5O3S. The smallest absolute Gasteiger partial charge is 0.276 e. The molecule has 7 N–H and O–H groups in total. The fourth-order valence-corrected chi connectivity index (χ4v) is 2.77. The Kier molecular flexibility index (Phi) is 5.23. The summed E-state index contributed by atoms with van der Waals surface area (Å²) in [6, 6.07) is -0.255. The summed E-state index contributed by atoms with van der Waals surface area (Å²) in [7, 11) is 0. The van der Waals surface area contributed by atoms with Crippen LogP contribution < -0.4 is 16.6 Å². The van der Waals surface area contributed by atoms with Crippen LogP contribution in [0.5, 0.6) is 0 Å². The lowest BCUT2D eigenvalue weighted by Crippen LogP contribution is -2.43. The zero-order valence-corrected chi connectivity index (χ0v) is 12.4. The van der Waals surface area contributed by atoms with Crippen molar-refractivity contribution in [1.82, 2.24) is 20.3 Å². The Hall–Kier alpha value is -1.55. The van der Waals surface area contributed by atoms with Gasteiger partial charge in [-0.15, -0.1) is 0 Å². The first-order valence-corrected chi connectivity index (χ1v) is 7.83. The molecule has 21 heavy (non-hydrogen) atoms. The summed E-state index contributed by atoms with van der Waals surface area (Å²) in [4.78, 5) is 21.1. The third-order valence-electron chi connectivity index (χ3n) is 3.19. The molecule has 2 rings (SSSR count). The number of aliphatic hydroxyl groups excluding tert-OH is 2. The molecule has 0 aliphatic carbocycles. The third-order valence-corrected chi connectivity index (χ3v) is 3.88. The maximum absolute atomic E-state index is 11.7. The molecule has 0 saturated carbocycles. The molecule has 0 saturated heterocycles. The van der Waals surface area contributed by atoms with E-state index in [9.17, 15) is 9.90 Å². The number of nitrogens with one attached hydrogen (secondary N) is 3. The SMILES string of the molecule is CSC[C@@H](NCc1c[nH]c2c(=O)[nH]c(N)nc12)[C@@H](O)CO. The zero-order chi connectivity index (χ0) is 15.4. The van der Waals surface area contributed by atoms with Crippen molar-refractivity contribution in [2.75, 3.05) is 24.3 Å². The highest BCUT2D eigenvalue weighted by Gasteiger charge is 2.18. The van der Waals surface area contributed by atoms with E-state index >= 15 is 0 Å². The van der Waals surface area contributed by atoms with E-state index in [0.717, 1.165) is 5.56 Å². The Morgan fingerprint density at radius 1 is 1.57 bits per heavy atom. The van der Waals surface area contributed by atoms with Crippen molar-refractivity contribution in [3.05, 3.63) is 22.1 Å². The standard InChI is InChI=1S/C12H19N5O3S/c1-21-5-7(8(19)4-18)14-2-6-3-15-10-9(6)16-12(13)17-11(10)20/h3,7-8,14-15,18-19H,2,4-5H2,1H3,(H3,13,16,17,20)/t7-,8+/m1/s1. The number of aromatic amines is 2. The van der Waals surface area contributed by atoms with Crippen LogP contribution in [0.1, 0.15) is 5.56 Å². The van der Waals surface area contributed by atoms with Crippen LogP contribution in [0.4, 0.5) is 5.95 Å². The molecule has 0 aliphatic rings. The summed E-state index contributed by atoms with van der Waals surface area (Å²) < 4.78 is 0. The quantitative estimate of drug-likeness (QED) is 0.385. The zero-order valence-electron chi connectivity index (χ0n) is 11.6. The van der Waals surface area contributed by atoms with E-state index in [0.29, 0.717) is 23.3 Å². The predicted molar refractivity (Wildman–Crippen MR) is 83.2 cm³/mol. The number of fused-ring (bicyclic) bond motifs is 1. The van der Waals surface area contributed by atoms with Gasteiger partial charge in [-0.25, -0.2) is 4.98 Å². The van der Waals surface area contributed by atoms with Gasteiger partial charge in [0.1, 0.15) is 11.0 Å². The van der Waals surface area contributed by atoms with Gasteiger partial charge in [0.2, 0.25) is 5.95 Å². The van der Waals surface area contributed by atoms with E-state index in [4.69, 9.17) is 10.8 Å². The van der Waals surface area contributed by atoms with Gasteiger partial charge in [-0.2, -0.15) is 11.8 Å². The van der Waals surface area contributed by atoms with Crippen LogP contribution in [0.15, 0.2) is 11.0 Å². The lowest BCUT2D eigenvalue weighted by Gasteiger charge is -2.21. The van der Waals surface area contributed by atoms with Gasteiger partial charge in [-0.3, -0.25) is 9.78 Å². The maximum atomic E-state index is 11.7. The van der Waals surface area contributed by atoms with Crippen molar-refractivity contribution >= 4 is 28.7 Å². The summed E-state index contributed by atoms with van der Waals surface area (Å²) in [6.45, 7) is 0.0924. The Morgan fingerprint density at radius 2 is 2.33 bits per heavy atom. The van der Waals surface area contributed by atoms with Gasteiger partial charge in [-0.1, -0.05) is 0 Å². The van der Waals surface area contributed by atoms with Gasteiger partial charge in [0.15, 0.2) is 0 Å². The average molecular weight is 313 g/mol. The van der Waals surface area contributed by atoms with E-state index in [1.807, 2.05) is 6.26 Å². The maximum Gasteiger partial charge on any atom is 0.276 e. The lowest BCUT2D eigenvalue weighted by molar-refractivity contribution is 0.0689. The molecule has 0 aromatic carbocycles. The Morgan fingerprint density at radius 3 is 3.00 bits per heavy atom. The second kappa shape index (κ2) is 6.94. The van der Waals surface area contributed by atoms with E-state index in [2.05, 4.69) is 20.3 Å². The molecule has 0 unspecified atom stereocenters. The fourth-order valence-electron chi connectivity index (χ4n) is 2.07. The number of hydrogen-bond acceptors (Lipinski definition) is 7. The number of H-pyrrole nitrogens is 2. The molecule has 8 nitrogen and oxygen atoms in total. The molecule has 2 heterocycles. The Labute approximate surface area is 125 Å². The first-order valence-electron chi connectivity index (χ1n) is 6.43.